The van der Waals surface area contributed by atoms with E-state index in [1.54, 1.807) is 6.08 Å². The molecule has 0 saturated heterocycles. The fourth-order valence-electron chi connectivity index (χ4n) is 1.81. The second-order valence-electron chi connectivity index (χ2n) is 5.78. The molecule has 0 aromatic rings. The fourth-order valence-corrected chi connectivity index (χ4v) is 1.81. The van der Waals surface area contributed by atoms with Crippen molar-refractivity contribution in [1.82, 2.24) is 5.32 Å². The van der Waals surface area contributed by atoms with E-state index in [1.807, 2.05) is 6.08 Å². The van der Waals surface area contributed by atoms with Gasteiger partial charge in [0.05, 0.1) is 13.2 Å². The van der Waals surface area contributed by atoms with E-state index in [0.717, 1.165) is 0 Å². The highest BCUT2D eigenvalue weighted by Crippen LogP contribution is 2.33. The number of halogens is 1. The van der Waals surface area contributed by atoms with E-state index in [-0.39, 0.29) is 36.9 Å². The first-order valence-corrected chi connectivity index (χ1v) is 5.89. The number of allylic oxidation sites excluding steroid dienone is 1. The topological polar surface area (TPSA) is 72.7 Å². The van der Waals surface area contributed by atoms with Crippen LogP contribution in [0.15, 0.2) is 23.5 Å². The Balaban J connectivity index is 0.00000289. The monoisotopic (exact) mass is 277 g/mol. The van der Waals surface area contributed by atoms with Crippen LogP contribution in [0.1, 0.15) is 27.2 Å². The van der Waals surface area contributed by atoms with Crippen molar-refractivity contribution in [3.05, 3.63) is 23.5 Å². The average Bonchev–Trinajstić information content (AvgIpc) is 2.27. The minimum Gasteiger partial charge on any atom is -0.508 e. The van der Waals surface area contributed by atoms with Crippen molar-refractivity contribution in [2.45, 2.75) is 32.7 Å². The predicted molar refractivity (Wildman–Crippen MR) is 75.0 cm³/mol. The van der Waals surface area contributed by atoms with E-state index in [4.69, 9.17) is 5.11 Å². The number of hydrogen-bond donors (Lipinski definition) is 4. The van der Waals surface area contributed by atoms with Gasteiger partial charge in [0.2, 0.25) is 0 Å². The Bertz CT molecular complexity index is 334. The summed E-state index contributed by atoms with van der Waals surface area (Å²) < 4.78 is 0. The molecule has 0 aromatic heterocycles. The van der Waals surface area contributed by atoms with Crippen LogP contribution in [-0.4, -0.2) is 40.6 Å². The Morgan fingerprint density at radius 1 is 1.33 bits per heavy atom. The minimum absolute atomic E-state index is 0. The normalized spacial score (nSPS) is 24.1. The molecule has 1 atom stereocenters. The van der Waals surface area contributed by atoms with Gasteiger partial charge in [-0.05, 0) is 38.8 Å². The molecule has 1 unspecified atom stereocenters. The summed E-state index contributed by atoms with van der Waals surface area (Å²) >= 11 is 0. The first-order chi connectivity index (χ1) is 7.82. The molecule has 1 aliphatic carbocycles. The van der Waals surface area contributed by atoms with Crippen molar-refractivity contribution < 1.29 is 15.3 Å². The van der Waals surface area contributed by atoms with Crippen molar-refractivity contribution in [3.63, 3.8) is 0 Å². The van der Waals surface area contributed by atoms with Crippen LogP contribution >= 0.6 is 12.4 Å². The third kappa shape index (κ3) is 4.61. The van der Waals surface area contributed by atoms with Gasteiger partial charge >= 0.3 is 0 Å². The number of aliphatic hydroxyl groups is 3. The summed E-state index contributed by atoms with van der Waals surface area (Å²) in [6, 6.07) is 0. The molecule has 0 heterocycles. The zero-order valence-corrected chi connectivity index (χ0v) is 12.0. The lowest BCUT2D eigenvalue weighted by molar-refractivity contribution is 0.146. The van der Waals surface area contributed by atoms with Gasteiger partial charge in [-0.1, -0.05) is 6.08 Å². The molecule has 1 rings (SSSR count). The fraction of sp³-hybridized carbons (Fsp3) is 0.692. The van der Waals surface area contributed by atoms with Gasteiger partial charge in [-0.25, -0.2) is 0 Å². The maximum atomic E-state index is 9.56. The van der Waals surface area contributed by atoms with Crippen LogP contribution in [0, 0.1) is 5.41 Å². The van der Waals surface area contributed by atoms with Crippen molar-refractivity contribution >= 4 is 12.4 Å². The number of aliphatic hydroxyl groups excluding tert-OH is 3. The molecule has 0 amide bonds. The Morgan fingerprint density at radius 2 is 1.94 bits per heavy atom. The van der Waals surface area contributed by atoms with Crippen LogP contribution in [0.5, 0.6) is 0 Å². The van der Waals surface area contributed by atoms with Crippen molar-refractivity contribution in [1.29, 1.82) is 0 Å². The van der Waals surface area contributed by atoms with Gasteiger partial charge in [0, 0.05) is 17.5 Å². The lowest BCUT2D eigenvalue weighted by Crippen LogP contribution is -2.45. The number of rotatable bonds is 4. The first-order valence-electron chi connectivity index (χ1n) is 5.89. The van der Waals surface area contributed by atoms with Crippen LogP contribution in [0.2, 0.25) is 0 Å². The molecule has 4 N–H and O–H groups in total. The smallest absolute Gasteiger partial charge is 0.116 e. The lowest BCUT2D eigenvalue weighted by Gasteiger charge is -2.35. The van der Waals surface area contributed by atoms with Gasteiger partial charge in [-0.2, -0.15) is 0 Å². The van der Waals surface area contributed by atoms with Gasteiger partial charge < -0.3 is 20.6 Å². The summed E-state index contributed by atoms with van der Waals surface area (Å²) in [4.78, 5) is 0. The van der Waals surface area contributed by atoms with E-state index in [9.17, 15) is 10.2 Å². The molecule has 0 bridgehead atoms. The molecule has 0 spiro atoms. The first kappa shape index (κ1) is 17.4. The average molecular weight is 278 g/mol. The van der Waals surface area contributed by atoms with Crippen molar-refractivity contribution in [3.8, 4) is 0 Å². The highest BCUT2D eigenvalue weighted by atomic mass is 35.5. The summed E-state index contributed by atoms with van der Waals surface area (Å²) in [6.45, 7) is 6.61. The molecule has 0 aliphatic heterocycles. The lowest BCUT2D eigenvalue weighted by atomic mass is 9.78. The summed E-state index contributed by atoms with van der Waals surface area (Å²) in [5.74, 6) is 0.118. The summed E-state index contributed by atoms with van der Waals surface area (Å²) in [7, 11) is 0. The van der Waals surface area contributed by atoms with Gasteiger partial charge in [-0.3, -0.25) is 0 Å². The largest absolute Gasteiger partial charge is 0.508 e. The molecule has 0 fully saturated rings. The standard InChI is InChI=1S/C13H23NO3.ClH/c1-12(2,3)14-8-13(9-16)5-4-11(17)10(6-13)7-15;/h4-5,14-17H,6-9H2,1-3H3;1H. The second kappa shape index (κ2) is 6.57. The maximum Gasteiger partial charge on any atom is 0.116 e. The van der Waals surface area contributed by atoms with E-state index in [2.05, 4.69) is 26.1 Å². The van der Waals surface area contributed by atoms with E-state index in [0.29, 0.717) is 18.5 Å². The maximum absolute atomic E-state index is 9.56. The highest BCUT2D eigenvalue weighted by molar-refractivity contribution is 5.85. The Labute approximate surface area is 115 Å². The minimum atomic E-state index is -0.433. The Kier molecular flexibility index (Phi) is 6.37. The number of nitrogens with one attached hydrogen (secondary N) is 1. The molecule has 18 heavy (non-hydrogen) atoms. The van der Waals surface area contributed by atoms with Gasteiger partial charge in [0.1, 0.15) is 5.76 Å². The Hall–Kier alpha value is -0.550. The molecular formula is C13H24ClNO3. The summed E-state index contributed by atoms with van der Waals surface area (Å²) in [5.41, 5.74) is 0.119. The van der Waals surface area contributed by atoms with Crippen LogP contribution in [0.3, 0.4) is 0 Å². The molecule has 0 aromatic carbocycles. The number of hydrogen-bond acceptors (Lipinski definition) is 4. The third-order valence-electron chi connectivity index (χ3n) is 3.00. The van der Waals surface area contributed by atoms with Crippen LogP contribution < -0.4 is 5.32 Å². The zero-order chi connectivity index (χ0) is 13.1. The molecule has 106 valence electrons. The van der Waals surface area contributed by atoms with E-state index in [1.165, 1.54) is 0 Å². The van der Waals surface area contributed by atoms with Gasteiger partial charge in [0.25, 0.3) is 0 Å². The van der Waals surface area contributed by atoms with Gasteiger partial charge in [-0.15, -0.1) is 12.4 Å². The quantitative estimate of drug-likeness (QED) is 0.629. The van der Waals surface area contributed by atoms with Crippen molar-refractivity contribution in [2.75, 3.05) is 19.8 Å². The summed E-state index contributed by atoms with van der Waals surface area (Å²) in [6.07, 6.45) is 3.86. The molecule has 0 saturated carbocycles. The molecule has 0 radical (unpaired) electrons. The molecular weight excluding hydrogens is 254 g/mol. The zero-order valence-electron chi connectivity index (χ0n) is 11.2. The SMILES string of the molecule is CC(C)(C)NCC1(CO)C=CC(O)=C(CO)C1.Cl. The van der Waals surface area contributed by atoms with E-state index < -0.39 is 5.41 Å². The predicted octanol–water partition coefficient (Wildman–Crippen LogP) is 1.54. The van der Waals surface area contributed by atoms with Crippen LogP contribution in [0.4, 0.5) is 0 Å². The van der Waals surface area contributed by atoms with Gasteiger partial charge in [0.15, 0.2) is 0 Å². The molecule has 4 nitrogen and oxygen atoms in total. The molecule has 1 aliphatic rings. The van der Waals surface area contributed by atoms with Crippen LogP contribution in [-0.2, 0) is 0 Å². The van der Waals surface area contributed by atoms with E-state index >= 15 is 0 Å². The molecule has 5 heteroatoms. The summed E-state index contributed by atoms with van der Waals surface area (Å²) in [5, 5.41) is 31.6. The third-order valence-corrected chi connectivity index (χ3v) is 3.00. The Morgan fingerprint density at radius 3 is 2.39 bits per heavy atom. The highest BCUT2D eigenvalue weighted by Gasteiger charge is 2.32. The van der Waals surface area contributed by atoms with Crippen LogP contribution in [0.25, 0.3) is 0 Å². The second-order valence-corrected chi connectivity index (χ2v) is 5.78. The van der Waals surface area contributed by atoms with Crippen molar-refractivity contribution in [2.24, 2.45) is 5.41 Å².